The highest BCUT2D eigenvalue weighted by Gasteiger charge is 2.23. The molecule has 0 saturated heterocycles. The van der Waals surface area contributed by atoms with Crippen molar-refractivity contribution in [3.8, 4) is 0 Å². The van der Waals surface area contributed by atoms with Crippen LogP contribution < -0.4 is 0 Å². The summed E-state index contributed by atoms with van der Waals surface area (Å²) in [7, 11) is 0. The molecule has 0 aliphatic heterocycles. The van der Waals surface area contributed by atoms with Crippen molar-refractivity contribution in [3.05, 3.63) is 34.9 Å². The lowest BCUT2D eigenvalue weighted by atomic mass is 9.90. The molecule has 0 fully saturated rings. The van der Waals surface area contributed by atoms with Gasteiger partial charge in [0.2, 0.25) is 0 Å². The van der Waals surface area contributed by atoms with Gasteiger partial charge in [-0.1, -0.05) is 36.7 Å². The number of hydrogen-bond acceptors (Lipinski definition) is 2. The van der Waals surface area contributed by atoms with Crippen molar-refractivity contribution < 1.29 is 15.0 Å². The Hall–Kier alpha value is -1.06. The minimum Gasteiger partial charge on any atom is -0.481 e. The van der Waals surface area contributed by atoms with E-state index in [0.29, 0.717) is 17.0 Å². The maximum absolute atomic E-state index is 11.2. The first-order valence-corrected chi connectivity index (χ1v) is 5.52. The molecule has 2 unspecified atom stereocenters. The molecular weight excluding hydrogens is 228 g/mol. The first-order chi connectivity index (χ1) is 7.56. The molecule has 0 spiro atoms. The maximum Gasteiger partial charge on any atom is 0.311 e. The zero-order valence-electron chi connectivity index (χ0n) is 9.06. The van der Waals surface area contributed by atoms with Crippen LogP contribution in [0.15, 0.2) is 24.3 Å². The normalized spacial score (nSPS) is 14.4. The average molecular weight is 243 g/mol. The Morgan fingerprint density at radius 3 is 2.56 bits per heavy atom. The van der Waals surface area contributed by atoms with Gasteiger partial charge >= 0.3 is 5.97 Å². The molecule has 2 atom stereocenters. The highest BCUT2D eigenvalue weighted by atomic mass is 35.5. The Balaban J connectivity index is 2.94. The molecule has 0 aliphatic carbocycles. The van der Waals surface area contributed by atoms with E-state index in [9.17, 15) is 4.79 Å². The zero-order chi connectivity index (χ0) is 12.1. The van der Waals surface area contributed by atoms with E-state index in [1.807, 2.05) is 6.92 Å². The molecule has 0 aliphatic rings. The van der Waals surface area contributed by atoms with Crippen LogP contribution in [0.4, 0.5) is 0 Å². The van der Waals surface area contributed by atoms with Crippen molar-refractivity contribution in [2.75, 3.05) is 6.61 Å². The number of aliphatic hydroxyl groups is 1. The van der Waals surface area contributed by atoms with Crippen molar-refractivity contribution in [3.63, 3.8) is 0 Å². The topological polar surface area (TPSA) is 57.5 Å². The second kappa shape index (κ2) is 5.87. The molecule has 2 N–H and O–H groups in total. The molecule has 0 saturated carbocycles. The maximum atomic E-state index is 11.2. The number of rotatable bonds is 5. The Morgan fingerprint density at radius 2 is 2.06 bits per heavy atom. The van der Waals surface area contributed by atoms with E-state index in [2.05, 4.69) is 0 Å². The summed E-state index contributed by atoms with van der Waals surface area (Å²) in [6.07, 6.45) is 0.384. The Labute approximate surface area is 99.7 Å². The third kappa shape index (κ3) is 3.22. The summed E-state index contributed by atoms with van der Waals surface area (Å²) in [5.74, 6) is -1.62. The van der Waals surface area contributed by atoms with E-state index < -0.39 is 11.9 Å². The van der Waals surface area contributed by atoms with Crippen LogP contribution in [0.1, 0.15) is 24.8 Å². The van der Waals surface area contributed by atoms with Crippen LogP contribution in [0.2, 0.25) is 5.02 Å². The van der Waals surface area contributed by atoms with E-state index in [-0.39, 0.29) is 12.5 Å². The van der Waals surface area contributed by atoms with Gasteiger partial charge in [-0.05, 0) is 24.0 Å². The standard InChI is InChI=1S/C12H15ClO3/c1-8(7-14)6-10(12(15)16)9-4-2-3-5-11(9)13/h2-5,8,10,14H,6-7H2,1H3,(H,15,16). The molecule has 88 valence electrons. The third-order valence-electron chi connectivity index (χ3n) is 2.53. The van der Waals surface area contributed by atoms with Gasteiger partial charge in [-0.2, -0.15) is 0 Å². The Morgan fingerprint density at radius 1 is 1.44 bits per heavy atom. The molecule has 0 radical (unpaired) electrons. The Kier molecular flexibility index (Phi) is 4.77. The average Bonchev–Trinajstić information content (AvgIpc) is 2.26. The molecule has 1 aromatic carbocycles. The number of aliphatic hydroxyl groups excluding tert-OH is 1. The van der Waals surface area contributed by atoms with Gasteiger partial charge in [0.25, 0.3) is 0 Å². The van der Waals surface area contributed by atoms with Gasteiger partial charge in [0.15, 0.2) is 0 Å². The predicted molar refractivity (Wildman–Crippen MR) is 62.7 cm³/mol. The minimum absolute atomic E-state index is 0.0196. The first-order valence-electron chi connectivity index (χ1n) is 5.14. The van der Waals surface area contributed by atoms with Gasteiger partial charge in [-0.15, -0.1) is 0 Å². The fourth-order valence-electron chi connectivity index (χ4n) is 1.60. The van der Waals surface area contributed by atoms with Crippen molar-refractivity contribution in [2.24, 2.45) is 5.92 Å². The number of carboxylic acids is 1. The van der Waals surface area contributed by atoms with Crippen molar-refractivity contribution in [2.45, 2.75) is 19.3 Å². The number of benzene rings is 1. The van der Waals surface area contributed by atoms with Crippen molar-refractivity contribution in [1.82, 2.24) is 0 Å². The summed E-state index contributed by atoms with van der Waals surface area (Å²) in [6, 6.07) is 6.92. The summed E-state index contributed by atoms with van der Waals surface area (Å²) >= 11 is 5.96. The van der Waals surface area contributed by atoms with Crippen LogP contribution in [0.3, 0.4) is 0 Å². The SMILES string of the molecule is CC(CO)CC(C(=O)O)c1ccccc1Cl. The van der Waals surface area contributed by atoms with E-state index >= 15 is 0 Å². The van der Waals surface area contributed by atoms with Crippen molar-refractivity contribution in [1.29, 1.82) is 0 Å². The molecule has 0 bridgehead atoms. The molecule has 0 amide bonds. The lowest BCUT2D eigenvalue weighted by molar-refractivity contribution is -0.139. The number of aliphatic carboxylic acids is 1. The fourth-order valence-corrected chi connectivity index (χ4v) is 1.86. The smallest absolute Gasteiger partial charge is 0.311 e. The van der Waals surface area contributed by atoms with E-state index in [0.717, 1.165) is 0 Å². The van der Waals surface area contributed by atoms with Crippen molar-refractivity contribution >= 4 is 17.6 Å². The second-order valence-corrected chi connectivity index (χ2v) is 4.34. The van der Waals surface area contributed by atoms with Crippen LogP contribution in [0.5, 0.6) is 0 Å². The molecule has 0 aromatic heterocycles. The predicted octanol–water partition coefficient (Wildman–Crippen LogP) is 2.53. The Bertz CT molecular complexity index is 365. The highest BCUT2D eigenvalue weighted by Crippen LogP contribution is 2.29. The number of halogens is 1. The van der Waals surface area contributed by atoms with E-state index in [1.165, 1.54) is 0 Å². The highest BCUT2D eigenvalue weighted by molar-refractivity contribution is 6.31. The summed E-state index contributed by atoms with van der Waals surface area (Å²) < 4.78 is 0. The molecule has 3 nitrogen and oxygen atoms in total. The minimum atomic E-state index is -0.909. The quantitative estimate of drug-likeness (QED) is 0.834. The lowest BCUT2D eigenvalue weighted by Crippen LogP contribution is -2.17. The molecule has 4 heteroatoms. The fraction of sp³-hybridized carbons (Fsp3) is 0.417. The molecule has 0 heterocycles. The summed E-state index contributed by atoms with van der Waals surface area (Å²) in [6.45, 7) is 1.79. The van der Waals surface area contributed by atoms with Gasteiger partial charge < -0.3 is 10.2 Å². The van der Waals surface area contributed by atoms with Crippen LogP contribution in [0, 0.1) is 5.92 Å². The summed E-state index contributed by atoms with van der Waals surface area (Å²) in [5.41, 5.74) is 0.608. The van der Waals surface area contributed by atoms with Crippen LogP contribution in [0.25, 0.3) is 0 Å². The van der Waals surface area contributed by atoms with Gasteiger partial charge in [-0.25, -0.2) is 0 Å². The van der Waals surface area contributed by atoms with Crippen LogP contribution >= 0.6 is 11.6 Å². The van der Waals surface area contributed by atoms with Gasteiger partial charge in [0, 0.05) is 11.6 Å². The zero-order valence-corrected chi connectivity index (χ0v) is 9.81. The number of carboxylic acid groups (broad SMARTS) is 1. The monoisotopic (exact) mass is 242 g/mol. The molecular formula is C12H15ClO3. The van der Waals surface area contributed by atoms with E-state index in [1.54, 1.807) is 24.3 Å². The summed E-state index contributed by atoms with van der Waals surface area (Å²) in [4.78, 5) is 11.2. The largest absolute Gasteiger partial charge is 0.481 e. The first kappa shape index (κ1) is 13.0. The number of carbonyl (C=O) groups is 1. The van der Waals surface area contributed by atoms with Crippen LogP contribution in [-0.2, 0) is 4.79 Å². The second-order valence-electron chi connectivity index (χ2n) is 3.94. The third-order valence-corrected chi connectivity index (χ3v) is 2.87. The summed E-state index contributed by atoms with van der Waals surface area (Å²) in [5, 5.41) is 18.6. The van der Waals surface area contributed by atoms with Gasteiger partial charge in [0.05, 0.1) is 5.92 Å². The molecule has 16 heavy (non-hydrogen) atoms. The van der Waals surface area contributed by atoms with Crippen LogP contribution in [-0.4, -0.2) is 22.8 Å². The van der Waals surface area contributed by atoms with E-state index in [4.69, 9.17) is 21.8 Å². The lowest BCUT2D eigenvalue weighted by Gasteiger charge is -2.17. The molecule has 1 rings (SSSR count). The van der Waals surface area contributed by atoms with Gasteiger partial charge in [-0.3, -0.25) is 4.79 Å². The van der Waals surface area contributed by atoms with Gasteiger partial charge in [0.1, 0.15) is 0 Å². The molecule has 1 aromatic rings. The number of hydrogen-bond donors (Lipinski definition) is 2.